The first-order valence-electron chi connectivity index (χ1n) is 13.1. The number of rotatable bonds is 7. The van der Waals surface area contributed by atoms with Crippen LogP contribution in [0.5, 0.6) is 11.5 Å². The molecule has 0 N–H and O–H groups in total. The fourth-order valence-corrected chi connectivity index (χ4v) is 6.16. The number of benzene rings is 2. The van der Waals surface area contributed by atoms with E-state index < -0.39 is 12.0 Å². The summed E-state index contributed by atoms with van der Waals surface area (Å²) >= 11 is 1.30. The molecule has 8 nitrogen and oxygen atoms in total. The van der Waals surface area contributed by atoms with Crippen LogP contribution in [0.15, 0.2) is 63.5 Å². The molecule has 0 saturated carbocycles. The molecule has 1 fully saturated rings. The molecule has 2 aromatic carbocycles. The summed E-state index contributed by atoms with van der Waals surface area (Å²) in [5, 5.41) is 0. The lowest BCUT2D eigenvalue weighted by molar-refractivity contribution is -0.143. The van der Waals surface area contributed by atoms with Gasteiger partial charge in [0.05, 0.1) is 36.1 Å². The zero-order valence-corrected chi connectivity index (χ0v) is 23.7. The Morgan fingerprint density at radius 1 is 1.08 bits per heavy atom. The number of nitrogens with zero attached hydrogens (tertiary/aromatic N) is 3. The van der Waals surface area contributed by atoms with Gasteiger partial charge < -0.3 is 19.1 Å². The molecule has 0 spiro atoms. The molecule has 0 amide bonds. The van der Waals surface area contributed by atoms with Crippen LogP contribution in [0, 0.1) is 0 Å². The summed E-state index contributed by atoms with van der Waals surface area (Å²) in [6.45, 7) is 7.50. The van der Waals surface area contributed by atoms with E-state index in [-0.39, 0.29) is 11.7 Å². The first-order valence-corrected chi connectivity index (χ1v) is 13.9. The number of aromatic nitrogens is 1. The maximum absolute atomic E-state index is 14.0. The first-order chi connectivity index (χ1) is 18.8. The lowest BCUT2D eigenvalue weighted by Crippen LogP contribution is -2.40. The summed E-state index contributed by atoms with van der Waals surface area (Å²) in [5.41, 5.74) is 3.29. The van der Waals surface area contributed by atoms with Crippen molar-refractivity contribution in [2.75, 3.05) is 32.2 Å². The highest BCUT2D eigenvalue weighted by Crippen LogP contribution is 2.38. The van der Waals surface area contributed by atoms with E-state index in [2.05, 4.69) is 22.0 Å². The number of hydrogen-bond donors (Lipinski definition) is 0. The normalized spacial score (nSPS) is 17.3. The van der Waals surface area contributed by atoms with Crippen LogP contribution >= 0.6 is 11.3 Å². The molecule has 3 aromatic rings. The van der Waals surface area contributed by atoms with Crippen LogP contribution in [0.1, 0.15) is 50.8 Å². The second-order valence-electron chi connectivity index (χ2n) is 9.93. The quantitative estimate of drug-likeness (QED) is 0.419. The van der Waals surface area contributed by atoms with Crippen LogP contribution < -0.4 is 29.3 Å². The first kappa shape index (κ1) is 26.7. The van der Waals surface area contributed by atoms with Crippen LogP contribution in [0.25, 0.3) is 6.08 Å². The van der Waals surface area contributed by atoms with E-state index in [1.54, 1.807) is 57.8 Å². The Labute approximate surface area is 231 Å². The lowest BCUT2D eigenvalue weighted by atomic mass is 9.94. The van der Waals surface area contributed by atoms with Crippen molar-refractivity contribution in [2.24, 2.45) is 4.99 Å². The number of thiazole rings is 1. The number of ether oxygens (including phenoxy) is 3. The van der Waals surface area contributed by atoms with E-state index in [1.165, 1.54) is 29.9 Å². The number of methoxy groups -OCH3 is 2. The van der Waals surface area contributed by atoms with Gasteiger partial charge in [-0.05, 0) is 75.6 Å². The molecule has 0 unspecified atom stereocenters. The fourth-order valence-electron chi connectivity index (χ4n) is 5.12. The minimum atomic E-state index is -0.794. The summed E-state index contributed by atoms with van der Waals surface area (Å²) in [7, 11) is 3.13. The third kappa shape index (κ3) is 5.23. The van der Waals surface area contributed by atoms with Crippen LogP contribution in [0.4, 0.5) is 5.69 Å². The Balaban J connectivity index is 1.66. The van der Waals surface area contributed by atoms with Crippen molar-refractivity contribution >= 4 is 29.1 Å². The van der Waals surface area contributed by atoms with Crippen molar-refractivity contribution in [1.29, 1.82) is 0 Å². The Morgan fingerprint density at radius 2 is 1.79 bits per heavy atom. The number of carbonyl (C=O) groups is 1. The minimum absolute atomic E-state index is 0.236. The number of carbonyl (C=O) groups excluding carboxylic acids is 1. The molecule has 2 aliphatic rings. The maximum Gasteiger partial charge on any atom is 0.338 e. The van der Waals surface area contributed by atoms with Crippen molar-refractivity contribution in [2.45, 2.75) is 45.8 Å². The van der Waals surface area contributed by atoms with Crippen LogP contribution in [0.2, 0.25) is 0 Å². The van der Waals surface area contributed by atoms with Crippen molar-refractivity contribution in [1.82, 2.24) is 4.57 Å². The summed E-state index contributed by atoms with van der Waals surface area (Å²) in [6, 6.07) is 12.8. The van der Waals surface area contributed by atoms with Gasteiger partial charge in [-0.1, -0.05) is 23.5 Å². The molecule has 0 aliphatic carbocycles. The number of anilines is 1. The topological polar surface area (TPSA) is 82.4 Å². The van der Waals surface area contributed by atoms with Gasteiger partial charge in [0, 0.05) is 24.3 Å². The zero-order valence-electron chi connectivity index (χ0n) is 22.9. The SMILES string of the molecule is COc1ccc(OC)c([C@H]2C(C(=O)OC(C)C)=C(C)N=c3s/c(=C\c4ccc(N5CCCC5)cc4)c(=O)n32)c1. The van der Waals surface area contributed by atoms with E-state index in [0.29, 0.717) is 37.7 Å². The van der Waals surface area contributed by atoms with Gasteiger partial charge in [0.2, 0.25) is 0 Å². The largest absolute Gasteiger partial charge is 0.497 e. The molecule has 5 rings (SSSR count). The molecule has 3 heterocycles. The van der Waals surface area contributed by atoms with E-state index in [4.69, 9.17) is 14.2 Å². The monoisotopic (exact) mass is 547 g/mol. The number of hydrogen-bond acceptors (Lipinski definition) is 8. The van der Waals surface area contributed by atoms with Gasteiger partial charge in [-0.3, -0.25) is 9.36 Å². The number of allylic oxidation sites excluding steroid dienone is 1. The average Bonchev–Trinajstić information content (AvgIpc) is 3.56. The molecule has 2 aliphatic heterocycles. The third-order valence-electron chi connectivity index (χ3n) is 6.98. The van der Waals surface area contributed by atoms with E-state index in [9.17, 15) is 9.59 Å². The van der Waals surface area contributed by atoms with Crippen molar-refractivity contribution in [3.8, 4) is 11.5 Å². The predicted molar refractivity (Wildman–Crippen MR) is 152 cm³/mol. The van der Waals surface area contributed by atoms with Crippen LogP contribution in [-0.4, -0.2) is 43.9 Å². The second kappa shape index (κ2) is 11.1. The van der Waals surface area contributed by atoms with Crippen molar-refractivity contribution in [3.63, 3.8) is 0 Å². The van der Waals surface area contributed by atoms with Crippen LogP contribution in [-0.2, 0) is 9.53 Å². The molecule has 0 bridgehead atoms. The molecule has 1 atom stereocenters. The minimum Gasteiger partial charge on any atom is -0.497 e. The van der Waals surface area contributed by atoms with Gasteiger partial charge in [0.25, 0.3) is 5.56 Å². The summed E-state index contributed by atoms with van der Waals surface area (Å²) in [5.74, 6) is 0.586. The Hall–Kier alpha value is -3.85. The standard InChI is InChI=1S/C30H33N3O5S/c1-18(2)38-29(35)26-19(3)31-30-33(27(26)23-17-22(36-4)12-13-24(23)37-5)28(34)25(39-30)16-20-8-10-21(11-9-20)32-14-6-7-15-32/h8-13,16-18,27H,6-7,14-15H2,1-5H3/b25-16-/t27-/m0/s1. The highest BCUT2D eigenvalue weighted by Gasteiger charge is 2.35. The Kier molecular flexibility index (Phi) is 7.61. The highest BCUT2D eigenvalue weighted by atomic mass is 32.1. The fraction of sp³-hybridized carbons (Fsp3) is 0.367. The molecule has 204 valence electrons. The van der Waals surface area contributed by atoms with Gasteiger partial charge in [0.1, 0.15) is 17.5 Å². The zero-order chi connectivity index (χ0) is 27.7. The smallest absolute Gasteiger partial charge is 0.338 e. The van der Waals surface area contributed by atoms with Gasteiger partial charge in [-0.25, -0.2) is 9.79 Å². The number of esters is 1. The molecular formula is C30H33N3O5S. The van der Waals surface area contributed by atoms with E-state index in [1.807, 2.05) is 18.2 Å². The predicted octanol–water partition coefficient (Wildman–Crippen LogP) is 3.80. The third-order valence-corrected chi connectivity index (χ3v) is 7.96. The van der Waals surface area contributed by atoms with Gasteiger partial charge in [-0.2, -0.15) is 0 Å². The van der Waals surface area contributed by atoms with Crippen molar-refractivity contribution < 1.29 is 19.0 Å². The number of fused-ring (bicyclic) bond motifs is 1. The maximum atomic E-state index is 14.0. The molecule has 0 radical (unpaired) electrons. The van der Waals surface area contributed by atoms with E-state index in [0.717, 1.165) is 18.7 Å². The van der Waals surface area contributed by atoms with Gasteiger partial charge in [0.15, 0.2) is 4.80 Å². The highest BCUT2D eigenvalue weighted by molar-refractivity contribution is 7.07. The molecule has 39 heavy (non-hydrogen) atoms. The second-order valence-corrected chi connectivity index (χ2v) is 10.9. The Bertz CT molecular complexity index is 1590. The molecule has 1 saturated heterocycles. The lowest BCUT2D eigenvalue weighted by Gasteiger charge is -2.26. The van der Waals surface area contributed by atoms with Crippen molar-refractivity contribution in [3.05, 3.63) is 84.5 Å². The Morgan fingerprint density at radius 3 is 2.44 bits per heavy atom. The van der Waals surface area contributed by atoms with Crippen LogP contribution in [0.3, 0.4) is 0 Å². The van der Waals surface area contributed by atoms with Gasteiger partial charge >= 0.3 is 5.97 Å². The van der Waals surface area contributed by atoms with E-state index >= 15 is 0 Å². The summed E-state index contributed by atoms with van der Waals surface area (Å²) in [6.07, 6.45) is 3.98. The van der Waals surface area contributed by atoms with Gasteiger partial charge in [-0.15, -0.1) is 0 Å². The summed E-state index contributed by atoms with van der Waals surface area (Å²) in [4.78, 5) is 34.9. The average molecular weight is 548 g/mol. The molecule has 1 aromatic heterocycles. The molecule has 9 heteroatoms. The molecular weight excluding hydrogens is 514 g/mol. The summed E-state index contributed by atoms with van der Waals surface area (Å²) < 4.78 is 18.8.